The van der Waals surface area contributed by atoms with Crippen molar-refractivity contribution in [3.8, 4) is 0 Å². The number of ether oxygens (including phenoxy) is 1. The fourth-order valence-corrected chi connectivity index (χ4v) is 5.46. The first-order valence-electron chi connectivity index (χ1n) is 11.6. The number of aliphatic imine (C=N–C) groups is 1. The smallest absolute Gasteiger partial charge is 0.609 e. The maximum Gasteiger partial charge on any atom is 1.00 e. The van der Waals surface area contributed by atoms with E-state index in [2.05, 4.69) is 97.6 Å². The molecule has 0 saturated heterocycles. The topological polar surface area (TPSA) is 44.6 Å². The molecule has 0 N–H and O–H groups in total. The van der Waals surface area contributed by atoms with Crippen LogP contribution in [0.4, 0.5) is 0 Å². The minimum atomic E-state index is -0.356. The molecule has 0 unspecified atom stereocenters. The van der Waals surface area contributed by atoms with Crippen LogP contribution in [0.3, 0.4) is 0 Å². The van der Waals surface area contributed by atoms with E-state index >= 15 is 0 Å². The summed E-state index contributed by atoms with van der Waals surface area (Å²) in [6.45, 7) is 4.42. The van der Waals surface area contributed by atoms with Crippen LogP contribution in [-0.4, -0.2) is 24.6 Å². The van der Waals surface area contributed by atoms with Gasteiger partial charge in [0.15, 0.2) is 0 Å². The van der Waals surface area contributed by atoms with Crippen LogP contribution in [0.1, 0.15) is 16.7 Å². The van der Waals surface area contributed by atoms with E-state index in [4.69, 9.17) is 9.73 Å². The minimum Gasteiger partial charge on any atom is -0.609 e. The number of hydrogen-bond acceptors (Lipinski definition) is 4. The van der Waals surface area contributed by atoms with Crippen molar-refractivity contribution >= 4 is 17.5 Å². The monoisotopic (exact) mass is 501 g/mol. The summed E-state index contributed by atoms with van der Waals surface area (Å²) < 4.78 is 4.74. The SMILES string of the molecule is C=CCOC([O-])=C1C=CC(=NCCSC(c2ccccc2)(c2ccccc2)c2ccccc2)C=C1.[Na+]. The maximum absolute atomic E-state index is 12.0. The van der Waals surface area contributed by atoms with E-state index in [1.807, 2.05) is 23.9 Å². The molecule has 5 heteroatoms. The zero-order valence-electron chi connectivity index (χ0n) is 20.5. The standard InChI is InChI=1S/C31H29NO2S.Na/c1-2-23-34-30(33)25-18-20-29(21-19-25)32-22-24-35-31(26-12-6-3-7-13-26,27-14-8-4-9-15-27)28-16-10-5-11-17-28;/h2-21,33H,1,22-24H2;/q;+1/p-1. The number of benzene rings is 3. The van der Waals surface area contributed by atoms with Crippen LogP contribution in [0, 0.1) is 0 Å². The van der Waals surface area contributed by atoms with Crippen molar-refractivity contribution in [1.29, 1.82) is 0 Å². The van der Waals surface area contributed by atoms with Gasteiger partial charge in [0, 0.05) is 18.9 Å². The van der Waals surface area contributed by atoms with Crippen LogP contribution in [0.15, 0.2) is 144 Å². The van der Waals surface area contributed by atoms with Crippen LogP contribution in [0.5, 0.6) is 0 Å². The van der Waals surface area contributed by atoms with E-state index in [1.54, 1.807) is 18.2 Å². The summed E-state index contributed by atoms with van der Waals surface area (Å²) in [6.07, 6.45) is 8.76. The van der Waals surface area contributed by atoms with Crippen LogP contribution in [0.25, 0.3) is 0 Å². The predicted molar refractivity (Wildman–Crippen MR) is 145 cm³/mol. The third-order valence-electron chi connectivity index (χ3n) is 5.68. The third kappa shape index (κ3) is 6.71. The van der Waals surface area contributed by atoms with Crippen molar-refractivity contribution < 1.29 is 39.4 Å². The summed E-state index contributed by atoms with van der Waals surface area (Å²) in [4.78, 5) is 4.76. The van der Waals surface area contributed by atoms with E-state index in [1.165, 1.54) is 16.7 Å². The molecule has 1 aliphatic carbocycles. The van der Waals surface area contributed by atoms with Gasteiger partial charge in [0.2, 0.25) is 0 Å². The van der Waals surface area contributed by atoms with Gasteiger partial charge in [0.25, 0.3) is 0 Å². The van der Waals surface area contributed by atoms with Gasteiger partial charge in [-0.05, 0) is 34.4 Å². The largest absolute Gasteiger partial charge is 1.00 e. The number of hydrogen-bond donors (Lipinski definition) is 0. The minimum absolute atomic E-state index is 0. The molecule has 0 spiro atoms. The van der Waals surface area contributed by atoms with Gasteiger partial charge in [-0.25, -0.2) is 0 Å². The molecular formula is C31H28NNaO2S. The van der Waals surface area contributed by atoms with Crippen molar-refractivity contribution in [3.05, 3.63) is 156 Å². The van der Waals surface area contributed by atoms with Crippen molar-refractivity contribution in [2.24, 2.45) is 4.99 Å². The summed E-state index contributed by atoms with van der Waals surface area (Å²) in [5.74, 6) is 0.465. The van der Waals surface area contributed by atoms with Gasteiger partial charge >= 0.3 is 29.6 Å². The Bertz CT molecular complexity index is 1120. The van der Waals surface area contributed by atoms with Crippen molar-refractivity contribution in [3.63, 3.8) is 0 Å². The Morgan fingerprint density at radius 2 is 1.28 bits per heavy atom. The van der Waals surface area contributed by atoms with Gasteiger partial charge in [-0.3, -0.25) is 4.99 Å². The van der Waals surface area contributed by atoms with Crippen molar-refractivity contribution in [2.75, 3.05) is 18.9 Å². The molecule has 0 radical (unpaired) electrons. The fraction of sp³-hybridized carbons (Fsp3) is 0.129. The average Bonchev–Trinajstić information content (AvgIpc) is 2.94. The molecule has 3 aromatic carbocycles. The van der Waals surface area contributed by atoms with Gasteiger partial charge in [-0.2, -0.15) is 0 Å². The van der Waals surface area contributed by atoms with E-state index in [-0.39, 0.29) is 46.9 Å². The summed E-state index contributed by atoms with van der Waals surface area (Å²) in [5.41, 5.74) is 5.08. The average molecular weight is 502 g/mol. The molecule has 0 amide bonds. The molecule has 3 aromatic rings. The molecule has 0 heterocycles. The Hall–Kier alpha value is -2.76. The quantitative estimate of drug-likeness (QED) is 0.141. The molecule has 0 aliphatic heterocycles. The normalized spacial score (nSPS) is 12.6. The fourth-order valence-electron chi connectivity index (χ4n) is 4.06. The maximum atomic E-state index is 12.0. The molecule has 0 aromatic heterocycles. The van der Waals surface area contributed by atoms with Crippen LogP contribution in [-0.2, 0) is 9.48 Å². The molecule has 36 heavy (non-hydrogen) atoms. The van der Waals surface area contributed by atoms with Gasteiger partial charge in [-0.15, -0.1) is 18.3 Å². The van der Waals surface area contributed by atoms with E-state index in [9.17, 15) is 5.11 Å². The number of allylic oxidation sites excluding steroid dienone is 5. The van der Waals surface area contributed by atoms with E-state index in [0.29, 0.717) is 12.1 Å². The third-order valence-corrected chi connectivity index (χ3v) is 7.21. The summed E-state index contributed by atoms with van der Waals surface area (Å²) in [5, 5.41) is 12.0. The molecule has 0 bridgehead atoms. The van der Waals surface area contributed by atoms with Gasteiger partial charge in [-0.1, -0.05) is 109 Å². The Labute approximate surface area is 240 Å². The molecule has 3 nitrogen and oxygen atoms in total. The van der Waals surface area contributed by atoms with Gasteiger partial charge in [0.1, 0.15) is 0 Å². The Balaban J connectivity index is 0.00000361. The Morgan fingerprint density at radius 3 is 1.72 bits per heavy atom. The molecule has 0 saturated carbocycles. The van der Waals surface area contributed by atoms with Crippen LogP contribution in [0.2, 0.25) is 0 Å². The first-order valence-corrected chi connectivity index (χ1v) is 12.6. The molecule has 0 atom stereocenters. The second kappa shape index (κ2) is 14.1. The molecular weight excluding hydrogens is 473 g/mol. The predicted octanol–water partition coefficient (Wildman–Crippen LogP) is 3.06. The molecule has 4 rings (SSSR count). The second-order valence-electron chi connectivity index (χ2n) is 7.94. The van der Waals surface area contributed by atoms with Crippen LogP contribution >= 0.6 is 11.8 Å². The Morgan fingerprint density at radius 1 is 0.806 bits per heavy atom. The zero-order valence-corrected chi connectivity index (χ0v) is 23.4. The van der Waals surface area contributed by atoms with Gasteiger partial charge < -0.3 is 9.84 Å². The number of nitrogens with zero attached hydrogens (tertiary/aromatic N) is 1. The van der Waals surface area contributed by atoms with Crippen LogP contribution < -0.4 is 34.7 Å². The molecule has 1 aliphatic rings. The first-order chi connectivity index (χ1) is 17.2. The summed E-state index contributed by atoms with van der Waals surface area (Å²) >= 11 is 1.89. The van der Waals surface area contributed by atoms with E-state index < -0.39 is 0 Å². The van der Waals surface area contributed by atoms with E-state index in [0.717, 1.165) is 11.5 Å². The molecule has 0 fully saturated rings. The molecule has 176 valence electrons. The number of thioether (sulfide) groups is 1. The zero-order chi connectivity index (χ0) is 24.3. The van der Waals surface area contributed by atoms with Crippen molar-refractivity contribution in [2.45, 2.75) is 4.75 Å². The first kappa shape index (κ1) is 27.8. The second-order valence-corrected chi connectivity index (χ2v) is 9.25. The number of rotatable bonds is 10. The van der Waals surface area contributed by atoms with Gasteiger partial charge in [0.05, 0.1) is 16.4 Å². The summed E-state index contributed by atoms with van der Waals surface area (Å²) in [6, 6.07) is 32.0. The summed E-state index contributed by atoms with van der Waals surface area (Å²) in [7, 11) is 0. The Kier molecular flexibility index (Phi) is 10.9. The van der Waals surface area contributed by atoms with Crippen molar-refractivity contribution in [1.82, 2.24) is 0 Å².